The molecule has 3 N–H and O–H groups in total. The minimum absolute atomic E-state index is 0. The molecule has 1 saturated heterocycles. The highest BCUT2D eigenvalue weighted by Gasteiger charge is 2.31. The van der Waals surface area contributed by atoms with Crippen LogP contribution in [-0.4, -0.2) is 24.7 Å². The molecule has 2 aromatic rings. The molecule has 1 unspecified atom stereocenters. The number of carbonyl (C=O) groups excluding carboxylic acids is 1. The Balaban J connectivity index is 0.00000225. The zero-order chi connectivity index (χ0) is 16.9. The van der Waals surface area contributed by atoms with Crippen molar-refractivity contribution in [2.75, 3.05) is 6.54 Å². The van der Waals surface area contributed by atoms with E-state index in [1.165, 1.54) is 5.56 Å². The quantitative estimate of drug-likeness (QED) is 0.861. The Morgan fingerprint density at radius 2 is 1.76 bits per heavy atom. The van der Waals surface area contributed by atoms with E-state index in [2.05, 4.69) is 36.5 Å². The summed E-state index contributed by atoms with van der Waals surface area (Å²) in [7, 11) is 0. The van der Waals surface area contributed by atoms with Gasteiger partial charge in [-0.3, -0.25) is 4.79 Å². The summed E-state index contributed by atoms with van der Waals surface area (Å²) in [5.74, 6) is -0.0691. The van der Waals surface area contributed by atoms with Gasteiger partial charge in [-0.15, -0.1) is 12.4 Å². The summed E-state index contributed by atoms with van der Waals surface area (Å²) in [5, 5.41) is 3.15. The predicted molar refractivity (Wildman–Crippen MR) is 102 cm³/mol. The van der Waals surface area contributed by atoms with Crippen LogP contribution in [0.1, 0.15) is 35.6 Å². The molecule has 5 heteroatoms. The summed E-state index contributed by atoms with van der Waals surface area (Å²) in [6.07, 6.45) is 1.16. The van der Waals surface area contributed by atoms with Gasteiger partial charge in [-0.2, -0.15) is 0 Å². The molecule has 0 aliphatic carbocycles. The van der Waals surface area contributed by atoms with Gasteiger partial charge in [-0.05, 0) is 30.9 Å². The first-order chi connectivity index (χ1) is 11.7. The first-order valence-electron chi connectivity index (χ1n) is 8.45. The van der Waals surface area contributed by atoms with Gasteiger partial charge in [-0.1, -0.05) is 60.2 Å². The van der Waals surface area contributed by atoms with Gasteiger partial charge >= 0.3 is 0 Å². The topological polar surface area (TPSA) is 64.4 Å². The first kappa shape index (κ1) is 19.4. The number of nitrogens with one attached hydrogen (secondary N) is 1. The third-order valence-electron chi connectivity index (χ3n) is 4.49. The average molecular weight is 361 g/mol. The molecule has 0 aromatic heterocycles. The number of nitrogens with two attached hydrogens (primary N) is 1. The maximum absolute atomic E-state index is 12.7. The Morgan fingerprint density at radius 1 is 1.12 bits per heavy atom. The van der Waals surface area contributed by atoms with Crippen LogP contribution in [0.4, 0.5) is 0 Å². The van der Waals surface area contributed by atoms with Crippen LogP contribution in [0.3, 0.4) is 0 Å². The highest BCUT2D eigenvalue weighted by atomic mass is 35.5. The van der Waals surface area contributed by atoms with Crippen LogP contribution in [0.25, 0.3) is 0 Å². The van der Waals surface area contributed by atoms with E-state index in [0.29, 0.717) is 6.54 Å². The van der Waals surface area contributed by atoms with E-state index in [9.17, 15) is 4.79 Å². The number of benzene rings is 2. The zero-order valence-electron chi connectivity index (χ0n) is 14.4. The molecule has 0 radical (unpaired) electrons. The van der Waals surface area contributed by atoms with Crippen molar-refractivity contribution in [1.82, 2.24) is 5.32 Å². The van der Waals surface area contributed by atoms with Crippen molar-refractivity contribution in [3.8, 4) is 0 Å². The van der Waals surface area contributed by atoms with Crippen molar-refractivity contribution in [2.24, 2.45) is 5.73 Å². The highest BCUT2D eigenvalue weighted by Crippen LogP contribution is 2.25. The summed E-state index contributed by atoms with van der Waals surface area (Å²) in [6, 6.07) is 18.1. The van der Waals surface area contributed by atoms with Crippen molar-refractivity contribution < 1.29 is 9.53 Å². The molecule has 4 nitrogen and oxygen atoms in total. The maximum atomic E-state index is 12.7. The average Bonchev–Trinajstić information content (AvgIpc) is 3.10. The summed E-state index contributed by atoms with van der Waals surface area (Å²) in [5.41, 5.74) is 8.95. The van der Waals surface area contributed by atoms with E-state index in [1.54, 1.807) is 0 Å². The van der Waals surface area contributed by atoms with Crippen LogP contribution < -0.4 is 11.1 Å². The molecule has 0 spiro atoms. The van der Waals surface area contributed by atoms with Gasteiger partial charge in [0.05, 0.1) is 12.1 Å². The van der Waals surface area contributed by atoms with Gasteiger partial charge in [0, 0.05) is 6.54 Å². The summed E-state index contributed by atoms with van der Waals surface area (Å²) in [4.78, 5) is 12.7. The van der Waals surface area contributed by atoms with Crippen LogP contribution in [0.15, 0.2) is 54.6 Å². The van der Waals surface area contributed by atoms with Crippen molar-refractivity contribution in [3.63, 3.8) is 0 Å². The Labute approximate surface area is 155 Å². The van der Waals surface area contributed by atoms with Crippen molar-refractivity contribution >= 4 is 18.3 Å². The lowest BCUT2D eigenvalue weighted by molar-refractivity contribution is -0.132. The van der Waals surface area contributed by atoms with Crippen molar-refractivity contribution in [3.05, 3.63) is 71.3 Å². The zero-order valence-corrected chi connectivity index (χ0v) is 15.2. The molecule has 1 aliphatic rings. The van der Waals surface area contributed by atoms with Gasteiger partial charge in [0.2, 0.25) is 5.91 Å². The van der Waals surface area contributed by atoms with Gasteiger partial charge in [0.25, 0.3) is 0 Å². The number of amides is 1. The van der Waals surface area contributed by atoms with Crippen molar-refractivity contribution in [1.29, 1.82) is 0 Å². The number of aryl methyl sites for hydroxylation is 1. The van der Waals surface area contributed by atoms with E-state index in [-0.39, 0.29) is 30.5 Å². The molecular weight excluding hydrogens is 336 g/mol. The van der Waals surface area contributed by atoms with E-state index < -0.39 is 6.10 Å². The van der Waals surface area contributed by atoms with Crippen LogP contribution in [0.2, 0.25) is 0 Å². The normalized spacial score (nSPS) is 20.6. The second kappa shape index (κ2) is 8.99. The van der Waals surface area contributed by atoms with E-state index >= 15 is 0 Å². The smallest absolute Gasteiger partial charge is 0.249 e. The molecular formula is C20H25ClN2O2. The van der Waals surface area contributed by atoms with E-state index in [0.717, 1.165) is 24.0 Å². The molecule has 3 atom stereocenters. The predicted octanol–water partition coefficient (Wildman–Crippen LogP) is 3.13. The molecule has 2 aromatic carbocycles. The summed E-state index contributed by atoms with van der Waals surface area (Å²) < 4.78 is 5.73. The third-order valence-corrected chi connectivity index (χ3v) is 4.49. The highest BCUT2D eigenvalue weighted by molar-refractivity contribution is 5.85. The van der Waals surface area contributed by atoms with Crippen LogP contribution in [0.5, 0.6) is 0 Å². The number of ether oxygens (including phenoxy) is 1. The van der Waals surface area contributed by atoms with Crippen LogP contribution in [-0.2, 0) is 9.53 Å². The Hall–Kier alpha value is -1.88. The Morgan fingerprint density at radius 3 is 2.36 bits per heavy atom. The fourth-order valence-electron chi connectivity index (χ4n) is 3.07. The fraction of sp³-hybridized carbons (Fsp3) is 0.350. The standard InChI is InChI=1S/C20H24N2O2.ClH/c1-14-7-9-16(10-8-14)19(15-5-3-2-4-6-15)22-20(23)18-12-11-17(13-21)24-18;/h2-10,17-19H,11-13,21H2,1H3,(H,22,23);1H/t17-,18+,19?;/m1./s1. The second-order valence-electron chi connectivity index (χ2n) is 6.32. The number of hydrogen-bond acceptors (Lipinski definition) is 3. The molecule has 0 bridgehead atoms. The summed E-state index contributed by atoms with van der Waals surface area (Å²) >= 11 is 0. The minimum Gasteiger partial charge on any atom is -0.364 e. The monoisotopic (exact) mass is 360 g/mol. The number of rotatable bonds is 5. The largest absolute Gasteiger partial charge is 0.364 e. The van der Waals surface area contributed by atoms with E-state index in [1.807, 2.05) is 30.3 Å². The molecule has 3 rings (SSSR count). The van der Waals surface area contributed by atoms with Gasteiger partial charge in [0.15, 0.2) is 0 Å². The summed E-state index contributed by atoms with van der Waals surface area (Å²) in [6.45, 7) is 2.52. The third kappa shape index (κ3) is 4.82. The lowest BCUT2D eigenvalue weighted by atomic mass is 9.97. The molecule has 25 heavy (non-hydrogen) atoms. The molecule has 134 valence electrons. The lowest BCUT2D eigenvalue weighted by Gasteiger charge is -2.22. The van der Waals surface area contributed by atoms with Crippen molar-refractivity contribution in [2.45, 2.75) is 38.0 Å². The molecule has 1 fully saturated rings. The van der Waals surface area contributed by atoms with Gasteiger partial charge in [-0.25, -0.2) is 0 Å². The number of carbonyl (C=O) groups is 1. The fourth-order valence-corrected chi connectivity index (χ4v) is 3.07. The number of hydrogen-bond donors (Lipinski definition) is 2. The van der Waals surface area contributed by atoms with Gasteiger partial charge < -0.3 is 15.8 Å². The maximum Gasteiger partial charge on any atom is 0.249 e. The van der Waals surface area contributed by atoms with E-state index in [4.69, 9.17) is 10.5 Å². The van der Waals surface area contributed by atoms with Crippen LogP contribution in [0, 0.1) is 6.92 Å². The number of halogens is 1. The Bertz CT molecular complexity index is 676. The molecule has 1 aliphatic heterocycles. The molecule has 1 heterocycles. The lowest BCUT2D eigenvalue weighted by Crippen LogP contribution is -2.38. The first-order valence-corrected chi connectivity index (χ1v) is 8.45. The molecule has 1 amide bonds. The minimum atomic E-state index is -0.407. The second-order valence-corrected chi connectivity index (χ2v) is 6.32. The van der Waals surface area contributed by atoms with Crippen LogP contribution >= 0.6 is 12.4 Å². The SMILES string of the molecule is Cc1ccc(C(NC(=O)[C@@H]2CC[C@H](CN)O2)c2ccccc2)cc1.Cl. The van der Waals surface area contributed by atoms with Gasteiger partial charge in [0.1, 0.15) is 6.10 Å². The Kier molecular flexibility index (Phi) is 7.00. The molecule has 0 saturated carbocycles.